The lowest BCUT2D eigenvalue weighted by Gasteiger charge is -2.24. The summed E-state index contributed by atoms with van der Waals surface area (Å²) in [5.74, 6) is 0.769. The van der Waals surface area contributed by atoms with Crippen LogP contribution >= 0.6 is 0 Å². The van der Waals surface area contributed by atoms with Gasteiger partial charge in [0.25, 0.3) is 0 Å². The highest BCUT2D eigenvalue weighted by molar-refractivity contribution is 5.88. The number of hydrogen-bond donors (Lipinski definition) is 1. The molecule has 6 nitrogen and oxygen atoms in total. The highest BCUT2D eigenvalue weighted by Crippen LogP contribution is 2.16. The van der Waals surface area contributed by atoms with Gasteiger partial charge in [0.05, 0.1) is 12.2 Å². The molecule has 0 bridgehead atoms. The van der Waals surface area contributed by atoms with Crippen molar-refractivity contribution < 1.29 is 4.79 Å². The van der Waals surface area contributed by atoms with Gasteiger partial charge in [-0.05, 0) is 39.3 Å². The van der Waals surface area contributed by atoms with Crippen LogP contribution in [-0.2, 0) is 0 Å². The van der Waals surface area contributed by atoms with E-state index in [1.54, 1.807) is 11.1 Å². The fourth-order valence-corrected chi connectivity index (χ4v) is 2.90. The van der Waals surface area contributed by atoms with Crippen molar-refractivity contribution in [3.05, 3.63) is 12.3 Å². The van der Waals surface area contributed by atoms with E-state index in [4.69, 9.17) is 0 Å². The monoisotopic (exact) mass is 321 g/mol. The fourth-order valence-electron chi connectivity index (χ4n) is 2.90. The van der Waals surface area contributed by atoms with Crippen LogP contribution in [0.25, 0.3) is 0 Å². The third-order valence-corrected chi connectivity index (χ3v) is 4.71. The molecule has 0 saturated carbocycles. The number of amides is 2. The molecule has 2 heterocycles. The van der Waals surface area contributed by atoms with Gasteiger partial charge in [0.1, 0.15) is 5.82 Å². The average molecular weight is 321 g/mol. The standard InChI is InChI=1S/C17H31N5O/c1-4-15(2)22-16(9-10-18-22)19-17(23)20(3)13-14-21-11-7-5-6-8-12-21/h9-10,15H,4-8,11-14H2,1-3H3,(H,19,23)/t15-/m1/s1. The first-order valence-corrected chi connectivity index (χ1v) is 8.89. The van der Waals surface area contributed by atoms with E-state index in [2.05, 4.69) is 29.2 Å². The highest BCUT2D eigenvalue weighted by Gasteiger charge is 2.15. The number of anilines is 1. The molecular formula is C17H31N5O. The van der Waals surface area contributed by atoms with Crippen LogP contribution in [0.4, 0.5) is 10.6 Å². The highest BCUT2D eigenvalue weighted by atomic mass is 16.2. The number of likely N-dealkylation sites (N-methyl/N-ethyl adjacent to an activating group) is 1. The smallest absolute Gasteiger partial charge is 0.322 e. The van der Waals surface area contributed by atoms with E-state index in [0.29, 0.717) is 0 Å². The van der Waals surface area contributed by atoms with Gasteiger partial charge in [0.2, 0.25) is 0 Å². The zero-order valence-electron chi connectivity index (χ0n) is 14.8. The molecule has 2 rings (SSSR count). The van der Waals surface area contributed by atoms with Crippen molar-refractivity contribution in [2.45, 2.75) is 52.0 Å². The summed E-state index contributed by atoms with van der Waals surface area (Å²) in [5.41, 5.74) is 0. The first-order chi connectivity index (χ1) is 11.1. The molecule has 130 valence electrons. The van der Waals surface area contributed by atoms with Gasteiger partial charge in [-0.2, -0.15) is 5.10 Å². The Kier molecular flexibility index (Phi) is 6.89. The average Bonchev–Trinajstić information content (AvgIpc) is 2.85. The predicted molar refractivity (Wildman–Crippen MR) is 93.8 cm³/mol. The topological polar surface area (TPSA) is 53.4 Å². The summed E-state index contributed by atoms with van der Waals surface area (Å²) in [5, 5.41) is 7.28. The van der Waals surface area contributed by atoms with Gasteiger partial charge in [-0.15, -0.1) is 0 Å². The van der Waals surface area contributed by atoms with Crippen LogP contribution in [0, 0.1) is 0 Å². The van der Waals surface area contributed by atoms with E-state index >= 15 is 0 Å². The molecule has 1 fully saturated rings. The van der Waals surface area contributed by atoms with Gasteiger partial charge >= 0.3 is 6.03 Å². The van der Waals surface area contributed by atoms with Crippen molar-refractivity contribution in [2.24, 2.45) is 0 Å². The number of hydrogen-bond acceptors (Lipinski definition) is 3. The minimum Gasteiger partial charge on any atom is -0.326 e. The first-order valence-electron chi connectivity index (χ1n) is 8.89. The molecule has 23 heavy (non-hydrogen) atoms. The molecule has 1 aromatic rings. The largest absolute Gasteiger partial charge is 0.326 e. The lowest BCUT2D eigenvalue weighted by molar-refractivity contribution is 0.207. The Morgan fingerprint density at radius 3 is 2.70 bits per heavy atom. The van der Waals surface area contributed by atoms with Gasteiger partial charge in [-0.3, -0.25) is 5.32 Å². The summed E-state index contributed by atoms with van der Waals surface area (Å²) in [6, 6.07) is 2.07. The Morgan fingerprint density at radius 2 is 2.04 bits per heavy atom. The zero-order valence-corrected chi connectivity index (χ0v) is 14.8. The van der Waals surface area contributed by atoms with Gasteiger partial charge in [-0.25, -0.2) is 9.48 Å². The summed E-state index contributed by atoms with van der Waals surface area (Å²) in [7, 11) is 1.86. The van der Waals surface area contributed by atoms with Crippen molar-refractivity contribution in [1.29, 1.82) is 0 Å². The third kappa shape index (κ3) is 5.23. The lowest BCUT2D eigenvalue weighted by atomic mass is 10.2. The molecule has 6 heteroatoms. The maximum absolute atomic E-state index is 12.4. The molecule has 1 aliphatic rings. The van der Waals surface area contributed by atoms with Crippen LogP contribution in [0.15, 0.2) is 12.3 Å². The Bertz CT molecular complexity index is 479. The molecule has 1 saturated heterocycles. The van der Waals surface area contributed by atoms with E-state index in [1.807, 2.05) is 17.8 Å². The zero-order chi connectivity index (χ0) is 16.7. The van der Waals surface area contributed by atoms with Gasteiger partial charge in [-0.1, -0.05) is 19.8 Å². The minimum atomic E-state index is -0.0649. The van der Waals surface area contributed by atoms with Gasteiger partial charge < -0.3 is 9.80 Å². The minimum absolute atomic E-state index is 0.0649. The molecule has 2 amide bonds. The molecule has 0 aliphatic carbocycles. The number of rotatable bonds is 6. The quantitative estimate of drug-likeness (QED) is 0.875. The summed E-state index contributed by atoms with van der Waals surface area (Å²) in [4.78, 5) is 16.6. The Morgan fingerprint density at radius 1 is 1.35 bits per heavy atom. The lowest BCUT2D eigenvalue weighted by Crippen LogP contribution is -2.39. The Balaban J connectivity index is 1.81. The fraction of sp³-hybridized carbons (Fsp3) is 0.765. The number of carbonyl (C=O) groups excluding carboxylic acids is 1. The molecule has 0 aromatic carbocycles. The van der Waals surface area contributed by atoms with Gasteiger partial charge in [0, 0.05) is 26.2 Å². The molecule has 1 atom stereocenters. The third-order valence-electron chi connectivity index (χ3n) is 4.71. The Labute approximate surface area is 139 Å². The number of urea groups is 1. The van der Waals surface area contributed by atoms with Crippen molar-refractivity contribution >= 4 is 11.8 Å². The normalized spacial score (nSPS) is 17.5. The van der Waals surface area contributed by atoms with Crippen molar-refractivity contribution in [2.75, 3.05) is 38.5 Å². The van der Waals surface area contributed by atoms with E-state index in [9.17, 15) is 4.79 Å². The van der Waals surface area contributed by atoms with E-state index < -0.39 is 0 Å². The number of nitrogens with one attached hydrogen (secondary N) is 1. The van der Waals surface area contributed by atoms with Crippen LogP contribution in [0.3, 0.4) is 0 Å². The van der Waals surface area contributed by atoms with E-state index in [0.717, 1.165) is 38.4 Å². The van der Waals surface area contributed by atoms with E-state index in [1.165, 1.54) is 25.7 Å². The first kappa shape index (κ1) is 17.8. The molecule has 1 aliphatic heterocycles. The predicted octanol–water partition coefficient (Wildman–Crippen LogP) is 3.19. The van der Waals surface area contributed by atoms with Crippen LogP contribution < -0.4 is 5.32 Å². The number of likely N-dealkylation sites (tertiary alicyclic amines) is 1. The molecular weight excluding hydrogens is 290 g/mol. The Hall–Kier alpha value is -1.56. The second kappa shape index (κ2) is 8.91. The van der Waals surface area contributed by atoms with Crippen LogP contribution in [-0.4, -0.2) is 58.8 Å². The van der Waals surface area contributed by atoms with Crippen LogP contribution in [0.5, 0.6) is 0 Å². The van der Waals surface area contributed by atoms with Crippen LogP contribution in [0.2, 0.25) is 0 Å². The second-order valence-corrected chi connectivity index (χ2v) is 6.53. The molecule has 1 N–H and O–H groups in total. The SMILES string of the molecule is CC[C@@H](C)n1nccc1NC(=O)N(C)CCN1CCCCCC1. The number of nitrogens with zero attached hydrogens (tertiary/aromatic N) is 4. The summed E-state index contributed by atoms with van der Waals surface area (Å²) >= 11 is 0. The van der Waals surface area contributed by atoms with Crippen molar-refractivity contribution in [3.63, 3.8) is 0 Å². The summed E-state index contributed by atoms with van der Waals surface area (Å²) < 4.78 is 1.88. The van der Waals surface area contributed by atoms with Crippen molar-refractivity contribution in [1.82, 2.24) is 19.6 Å². The second-order valence-electron chi connectivity index (χ2n) is 6.53. The molecule has 1 aromatic heterocycles. The number of aromatic nitrogens is 2. The van der Waals surface area contributed by atoms with Crippen LogP contribution in [0.1, 0.15) is 52.0 Å². The molecule has 0 radical (unpaired) electrons. The van der Waals surface area contributed by atoms with Crippen molar-refractivity contribution in [3.8, 4) is 0 Å². The van der Waals surface area contributed by atoms with E-state index in [-0.39, 0.29) is 12.1 Å². The molecule has 0 spiro atoms. The maximum atomic E-state index is 12.4. The summed E-state index contributed by atoms with van der Waals surface area (Å²) in [6.45, 7) is 8.25. The molecule has 0 unspecified atom stereocenters. The summed E-state index contributed by atoms with van der Waals surface area (Å²) in [6.07, 6.45) is 7.96. The van der Waals surface area contributed by atoms with Gasteiger partial charge in [0.15, 0.2) is 0 Å². The maximum Gasteiger partial charge on any atom is 0.322 e. The number of carbonyl (C=O) groups is 1.